The van der Waals surface area contributed by atoms with Crippen LogP contribution in [0.3, 0.4) is 0 Å². The molecule has 19 heavy (non-hydrogen) atoms. The van der Waals surface area contributed by atoms with E-state index in [1.807, 2.05) is 32.0 Å². The molecule has 1 unspecified atom stereocenters. The maximum atomic E-state index is 11.9. The highest BCUT2D eigenvalue weighted by Crippen LogP contribution is 2.26. The molecule has 4 N–H and O–H groups in total. The van der Waals surface area contributed by atoms with Gasteiger partial charge in [-0.1, -0.05) is 15.9 Å². The molecule has 5 nitrogen and oxygen atoms in total. The topological polar surface area (TPSA) is 76.4 Å². The number of rotatable bonds is 6. The highest BCUT2D eigenvalue weighted by molar-refractivity contribution is 9.10. The summed E-state index contributed by atoms with van der Waals surface area (Å²) < 4.78 is 5.76. The van der Waals surface area contributed by atoms with Crippen LogP contribution in [0.5, 0.6) is 0 Å². The van der Waals surface area contributed by atoms with Gasteiger partial charge in [-0.3, -0.25) is 4.79 Å². The number of benzene rings is 1. The first kappa shape index (κ1) is 15.9. The smallest absolute Gasteiger partial charge is 0.243 e. The molecule has 0 spiro atoms. The van der Waals surface area contributed by atoms with Gasteiger partial charge in [0.25, 0.3) is 0 Å². The standard InChI is InChI=1S/C13H20BrN3O2/c1-8(2)16-11-5-4-9(14)6-12(11)17-13(18)10(15)7-19-3/h4-6,8,10,16H,7,15H2,1-3H3,(H,17,18). The van der Waals surface area contributed by atoms with Gasteiger partial charge in [-0.2, -0.15) is 0 Å². The lowest BCUT2D eigenvalue weighted by atomic mass is 10.2. The second kappa shape index (κ2) is 7.47. The predicted molar refractivity (Wildman–Crippen MR) is 81.4 cm³/mol. The van der Waals surface area contributed by atoms with Crippen molar-refractivity contribution in [1.82, 2.24) is 0 Å². The fourth-order valence-corrected chi connectivity index (χ4v) is 1.90. The number of nitrogens with one attached hydrogen (secondary N) is 2. The van der Waals surface area contributed by atoms with Crippen LogP contribution in [0.1, 0.15) is 13.8 Å². The largest absolute Gasteiger partial charge is 0.383 e. The summed E-state index contributed by atoms with van der Waals surface area (Å²) in [6, 6.07) is 5.24. The summed E-state index contributed by atoms with van der Waals surface area (Å²) in [6.45, 7) is 4.25. The molecule has 1 rings (SSSR count). The van der Waals surface area contributed by atoms with E-state index in [9.17, 15) is 4.79 Å². The molecule has 0 aliphatic rings. The normalized spacial score (nSPS) is 12.3. The third-order valence-electron chi connectivity index (χ3n) is 2.37. The van der Waals surface area contributed by atoms with Crippen molar-refractivity contribution in [3.8, 4) is 0 Å². The zero-order valence-electron chi connectivity index (χ0n) is 11.4. The Balaban J connectivity index is 2.86. The Morgan fingerprint density at radius 3 is 2.68 bits per heavy atom. The third-order valence-corrected chi connectivity index (χ3v) is 2.86. The van der Waals surface area contributed by atoms with Gasteiger partial charge in [0, 0.05) is 17.6 Å². The van der Waals surface area contributed by atoms with E-state index in [-0.39, 0.29) is 18.6 Å². The quantitative estimate of drug-likeness (QED) is 0.747. The molecule has 0 saturated carbocycles. The zero-order valence-corrected chi connectivity index (χ0v) is 13.0. The lowest BCUT2D eigenvalue weighted by Gasteiger charge is -2.17. The average Bonchev–Trinajstić information content (AvgIpc) is 2.32. The minimum absolute atomic E-state index is 0.187. The van der Waals surface area contributed by atoms with E-state index in [0.29, 0.717) is 5.69 Å². The van der Waals surface area contributed by atoms with Crippen LogP contribution in [0.15, 0.2) is 22.7 Å². The SMILES string of the molecule is COCC(N)C(=O)Nc1cc(Br)ccc1NC(C)C. The highest BCUT2D eigenvalue weighted by Gasteiger charge is 2.15. The molecule has 0 bridgehead atoms. The number of methoxy groups -OCH3 is 1. The third kappa shape index (κ3) is 5.18. The van der Waals surface area contributed by atoms with Crippen LogP contribution >= 0.6 is 15.9 Å². The minimum atomic E-state index is -0.684. The summed E-state index contributed by atoms with van der Waals surface area (Å²) in [5, 5.41) is 6.07. The van der Waals surface area contributed by atoms with Gasteiger partial charge < -0.3 is 21.1 Å². The summed E-state index contributed by atoms with van der Waals surface area (Å²) in [7, 11) is 1.51. The summed E-state index contributed by atoms with van der Waals surface area (Å²) in [6.07, 6.45) is 0. The number of hydrogen-bond acceptors (Lipinski definition) is 4. The van der Waals surface area contributed by atoms with Crippen LogP contribution in [0.2, 0.25) is 0 Å². The van der Waals surface area contributed by atoms with Crippen molar-refractivity contribution in [3.05, 3.63) is 22.7 Å². The van der Waals surface area contributed by atoms with Crippen LogP contribution < -0.4 is 16.4 Å². The number of carbonyl (C=O) groups is 1. The number of nitrogens with two attached hydrogens (primary N) is 1. The van der Waals surface area contributed by atoms with Crippen molar-refractivity contribution < 1.29 is 9.53 Å². The Hall–Kier alpha value is -1.11. The maximum Gasteiger partial charge on any atom is 0.243 e. The lowest BCUT2D eigenvalue weighted by molar-refractivity contribution is -0.118. The molecule has 0 aliphatic carbocycles. The Labute approximate surface area is 122 Å². The van der Waals surface area contributed by atoms with Gasteiger partial charge in [0.1, 0.15) is 6.04 Å². The molecule has 106 valence electrons. The first-order valence-corrected chi connectivity index (χ1v) is 6.84. The van der Waals surface area contributed by atoms with Gasteiger partial charge in [-0.05, 0) is 32.0 Å². The molecule has 1 aromatic rings. The Morgan fingerprint density at radius 2 is 2.11 bits per heavy atom. The summed E-state index contributed by atoms with van der Waals surface area (Å²) in [4.78, 5) is 11.9. The molecule has 6 heteroatoms. The predicted octanol–water partition coefficient (Wildman–Crippen LogP) is 2.18. The minimum Gasteiger partial charge on any atom is -0.383 e. The van der Waals surface area contributed by atoms with Gasteiger partial charge in [-0.15, -0.1) is 0 Å². The summed E-state index contributed by atoms with van der Waals surface area (Å²) >= 11 is 3.39. The second-order valence-electron chi connectivity index (χ2n) is 4.54. The molecule has 1 amide bonds. The average molecular weight is 330 g/mol. The monoisotopic (exact) mass is 329 g/mol. The number of ether oxygens (including phenoxy) is 1. The van der Waals surface area contributed by atoms with Crippen molar-refractivity contribution in [2.75, 3.05) is 24.4 Å². The van der Waals surface area contributed by atoms with Crippen LogP contribution in [0, 0.1) is 0 Å². The van der Waals surface area contributed by atoms with E-state index in [1.54, 1.807) is 0 Å². The van der Waals surface area contributed by atoms with Gasteiger partial charge in [0.05, 0.1) is 18.0 Å². The Morgan fingerprint density at radius 1 is 1.42 bits per heavy atom. The molecule has 0 radical (unpaired) electrons. The lowest BCUT2D eigenvalue weighted by Crippen LogP contribution is -2.39. The zero-order chi connectivity index (χ0) is 14.4. The van der Waals surface area contributed by atoms with E-state index < -0.39 is 6.04 Å². The van der Waals surface area contributed by atoms with E-state index in [4.69, 9.17) is 10.5 Å². The van der Waals surface area contributed by atoms with Gasteiger partial charge in [-0.25, -0.2) is 0 Å². The van der Waals surface area contributed by atoms with Crippen molar-refractivity contribution >= 4 is 33.2 Å². The Kier molecular flexibility index (Phi) is 6.27. The fourth-order valence-electron chi connectivity index (χ4n) is 1.54. The van der Waals surface area contributed by atoms with Crippen LogP contribution in [-0.4, -0.2) is 31.7 Å². The second-order valence-corrected chi connectivity index (χ2v) is 5.46. The molecule has 0 saturated heterocycles. The van der Waals surface area contributed by atoms with Crippen LogP contribution in [-0.2, 0) is 9.53 Å². The number of amides is 1. The molecule has 0 fully saturated rings. The molecular weight excluding hydrogens is 310 g/mol. The molecule has 0 aliphatic heterocycles. The van der Waals surface area contributed by atoms with Gasteiger partial charge in [0.15, 0.2) is 0 Å². The first-order valence-electron chi connectivity index (χ1n) is 6.05. The van der Waals surface area contributed by atoms with Crippen LogP contribution in [0.25, 0.3) is 0 Å². The van der Waals surface area contributed by atoms with Crippen molar-refractivity contribution in [2.24, 2.45) is 5.73 Å². The number of halogens is 1. The van der Waals surface area contributed by atoms with Crippen molar-refractivity contribution in [2.45, 2.75) is 25.9 Å². The highest BCUT2D eigenvalue weighted by atomic mass is 79.9. The van der Waals surface area contributed by atoms with Crippen molar-refractivity contribution in [3.63, 3.8) is 0 Å². The number of anilines is 2. The van der Waals surface area contributed by atoms with Crippen molar-refractivity contribution in [1.29, 1.82) is 0 Å². The van der Waals surface area contributed by atoms with E-state index >= 15 is 0 Å². The Bertz CT molecular complexity index is 438. The molecular formula is C13H20BrN3O2. The van der Waals surface area contributed by atoms with E-state index in [1.165, 1.54) is 7.11 Å². The van der Waals surface area contributed by atoms with Crippen LogP contribution in [0.4, 0.5) is 11.4 Å². The van der Waals surface area contributed by atoms with Gasteiger partial charge in [0.2, 0.25) is 5.91 Å². The van der Waals surface area contributed by atoms with E-state index in [2.05, 4.69) is 26.6 Å². The molecule has 0 heterocycles. The summed E-state index contributed by atoms with van der Waals surface area (Å²) in [5.74, 6) is -0.272. The first-order chi connectivity index (χ1) is 8.93. The summed E-state index contributed by atoms with van der Waals surface area (Å²) in [5.41, 5.74) is 7.25. The molecule has 0 aromatic heterocycles. The number of hydrogen-bond donors (Lipinski definition) is 3. The fraction of sp³-hybridized carbons (Fsp3) is 0.462. The molecule has 1 aromatic carbocycles. The molecule has 1 atom stereocenters. The van der Waals surface area contributed by atoms with Gasteiger partial charge >= 0.3 is 0 Å². The van der Waals surface area contributed by atoms with E-state index in [0.717, 1.165) is 10.2 Å². The number of carbonyl (C=O) groups excluding carboxylic acids is 1. The maximum absolute atomic E-state index is 11.9.